The van der Waals surface area contributed by atoms with Crippen molar-refractivity contribution in [3.8, 4) is 6.07 Å². The van der Waals surface area contributed by atoms with E-state index in [4.69, 9.17) is 11.6 Å². The molecule has 0 saturated heterocycles. The molecule has 0 unspecified atom stereocenters. The Kier molecular flexibility index (Phi) is 4.27. The fraction of sp³-hybridized carbons (Fsp3) is 0. The van der Waals surface area contributed by atoms with Crippen LogP contribution in [-0.4, -0.2) is 15.3 Å². The first-order chi connectivity index (χ1) is 11.6. The molecule has 7 heteroatoms. The quantitative estimate of drug-likeness (QED) is 0.584. The maximum Gasteiger partial charge on any atom is 0.266 e. The van der Waals surface area contributed by atoms with Gasteiger partial charge in [-0.2, -0.15) is 5.26 Å². The van der Waals surface area contributed by atoms with Crippen LogP contribution in [-0.2, 0) is 4.79 Å². The smallest absolute Gasteiger partial charge is 0.266 e. The van der Waals surface area contributed by atoms with Gasteiger partial charge in [-0.1, -0.05) is 29.8 Å². The number of hydrogen-bond donors (Lipinski definition) is 1. The molecule has 0 fully saturated rings. The number of fused-ring (bicyclic) bond motifs is 1. The van der Waals surface area contributed by atoms with Gasteiger partial charge >= 0.3 is 0 Å². The number of aromatic nitrogens is 2. The molecule has 1 N–H and O–H groups in total. The van der Waals surface area contributed by atoms with Crippen LogP contribution in [0.15, 0.2) is 54.2 Å². The lowest BCUT2D eigenvalue weighted by molar-refractivity contribution is -0.112. The first kappa shape index (κ1) is 15.7. The molecular weight excluding hydrogens is 331 g/mol. The maximum atomic E-state index is 13.6. The molecule has 0 aliphatic rings. The number of pyridine rings is 1. The lowest BCUT2D eigenvalue weighted by Crippen LogP contribution is -2.14. The van der Waals surface area contributed by atoms with Crippen molar-refractivity contribution in [2.24, 2.45) is 0 Å². The minimum absolute atomic E-state index is 0.00658. The largest absolute Gasteiger partial charge is 0.319 e. The van der Waals surface area contributed by atoms with Gasteiger partial charge in [0.05, 0.1) is 11.4 Å². The number of nitrogens with one attached hydrogen (secondary N) is 1. The fourth-order valence-corrected chi connectivity index (χ4v) is 2.38. The molecule has 0 atom stereocenters. The average Bonchev–Trinajstić information content (AvgIpc) is 2.90. The Labute approximate surface area is 141 Å². The number of rotatable bonds is 3. The summed E-state index contributed by atoms with van der Waals surface area (Å²) in [6.45, 7) is 0. The first-order valence-corrected chi connectivity index (χ1v) is 7.28. The Balaban J connectivity index is 1.97. The predicted molar refractivity (Wildman–Crippen MR) is 88.8 cm³/mol. The van der Waals surface area contributed by atoms with Gasteiger partial charge in [0, 0.05) is 6.20 Å². The van der Waals surface area contributed by atoms with E-state index in [9.17, 15) is 14.4 Å². The van der Waals surface area contributed by atoms with Crippen LogP contribution in [0.5, 0.6) is 0 Å². The van der Waals surface area contributed by atoms with Gasteiger partial charge in [-0.05, 0) is 30.3 Å². The van der Waals surface area contributed by atoms with E-state index in [1.807, 2.05) is 0 Å². The van der Waals surface area contributed by atoms with Crippen molar-refractivity contribution in [3.05, 3.63) is 70.9 Å². The summed E-state index contributed by atoms with van der Waals surface area (Å²) in [6, 6.07) is 12.8. The third kappa shape index (κ3) is 2.98. The van der Waals surface area contributed by atoms with Crippen LogP contribution in [0.2, 0.25) is 5.15 Å². The Morgan fingerprint density at radius 2 is 2.04 bits per heavy atom. The van der Waals surface area contributed by atoms with Gasteiger partial charge in [-0.15, -0.1) is 0 Å². The zero-order valence-electron chi connectivity index (χ0n) is 12.2. The van der Waals surface area contributed by atoms with Crippen LogP contribution in [0.1, 0.15) is 5.69 Å². The molecule has 3 aromatic rings. The molecule has 3 rings (SSSR count). The van der Waals surface area contributed by atoms with E-state index >= 15 is 0 Å². The molecule has 0 radical (unpaired) electrons. The van der Waals surface area contributed by atoms with Gasteiger partial charge in [0.1, 0.15) is 23.1 Å². The lowest BCUT2D eigenvalue weighted by atomic mass is 10.2. The molecule has 2 heterocycles. The Morgan fingerprint density at radius 1 is 1.29 bits per heavy atom. The maximum absolute atomic E-state index is 13.6. The molecular formula is C17H10ClFN4O. The molecule has 0 saturated carbocycles. The number of carbonyl (C=O) groups is 1. The van der Waals surface area contributed by atoms with Crippen molar-refractivity contribution >= 4 is 34.9 Å². The third-order valence-corrected chi connectivity index (χ3v) is 3.57. The van der Waals surface area contributed by atoms with Crippen LogP contribution in [0.25, 0.3) is 11.7 Å². The average molecular weight is 341 g/mol. The van der Waals surface area contributed by atoms with E-state index in [0.29, 0.717) is 11.3 Å². The van der Waals surface area contributed by atoms with Crippen molar-refractivity contribution in [1.82, 2.24) is 9.38 Å². The number of hydrogen-bond acceptors (Lipinski definition) is 3. The van der Waals surface area contributed by atoms with E-state index in [1.165, 1.54) is 24.3 Å². The van der Waals surface area contributed by atoms with Crippen LogP contribution in [0.4, 0.5) is 10.1 Å². The standard InChI is InChI=1S/C17H10ClFN4O/c18-16-14(23-8-4-3-7-15(23)22-16)9-11(10-20)17(24)21-13-6-2-1-5-12(13)19/h1-9H,(H,21,24)/b11-9+. The normalized spacial score (nSPS) is 11.3. The number of imidazole rings is 1. The second kappa shape index (κ2) is 6.52. The molecule has 0 aliphatic carbocycles. The monoisotopic (exact) mass is 340 g/mol. The van der Waals surface area contributed by atoms with Crippen molar-refractivity contribution in [2.75, 3.05) is 5.32 Å². The fourth-order valence-electron chi connectivity index (χ4n) is 2.15. The van der Waals surface area contributed by atoms with Gasteiger partial charge in [0.15, 0.2) is 5.15 Å². The van der Waals surface area contributed by atoms with Crippen LogP contribution >= 0.6 is 11.6 Å². The molecule has 0 bridgehead atoms. The second-order valence-electron chi connectivity index (χ2n) is 4.82. The number of benzene rings is 1. The van der Waals surface area contributed by atoms with E-state index in [1.54, 1.807) is 40.9 Å². The van der Waals surface area contributed by atoms with Gasteiger partial charge in [0.25, 0.3) is 5.91 Å². The topological polar surface area (TPSA) is 70.2 Å². The van der Waals surface area contributed by atoms with E-state index in [-0.39, 0.29) is 16.4 Å². The van der Waals surface area contributed by atoms with E-state index < -0.39 is 11.7 Å². The summed E-state index contributed by atoms with van der Waals surface area (Å²) in [6.07, 6.45) is 3.03. The number of anilines is 1. The van der Waals surface area contributed by atoms with Gasteiger partial charge in [-0.25, -0.2) is 9.37 Å². The highest BCUT2D eigenvalue weighted by molar-refractivity contribution is 6.31. The minimum atomic E-state index is -0.732. The summed E-state index contributed by atoms with van der Waals surface area (Å²) in [5.74, 6) is -1.32. The molecule has 0 aliphatic heterocycles. The highest BCUT2D eigenvalue weighted by atomic mass is 35.5. The van der Waals surface area contributed by atoms with Gasteiger partial charge < -0.3 is 5.32 Å². The lowest BCUT2D eigenvalue weighted by Gasteiger charge is -2.05. The Bertz CT molecular complexity index is 1000. The number of amides is 1. The molecule has 5 nitrogen and oxygen atoms in total. The minimum Gasteiger partial charge on any atom is -0.319 e. The SMILES string of the molecule is N#C/C(=C\c1c(Cl)nc2ccccn12)C(=O)Nc1ccccc1F. The molecule has 1 amide bonds. The van der Waals surface area contributed by atoms with Crippen LogP contribution < -0.4 is 5.32 Å². The number of para-hydroxylation sites is 1. The van der Waals surface area contributed by atoms with Crippen molar-refractivity contribution in [2.45, 2.75) is 0 Å². The third-order valence-electron chi connectivity index (χ3n) is 3.29. The molecule has 1 aromatic carbocycles. The van der Waals surface area contributed by atoms with Crippen LogP contribution in [0, 0.1) is 17.1 Å². The summed E-state index contributed by atoms with van der Waals surface area (Å²) in [7, 11) is 0. The number of nitrogens with zero attached hydrogens (tertiary/aromatic N) is 3. The zero-order chi connectivity index (χ0) is 17.1. The molecule has 24 heavy (non-hydrogen) atoms. The van der Waals surface area contributed by atoms with Crippen molar-refractivity contribution in [1.29, 1.82) is 5.26 Å². The molecule has 118 valence electrons. The predicted octanol–water partition coefficient (Wildman–Crippen LogP) is 3.67. The summed E-state index contributed by atoms with van der Waals surface area (Å²) in [4.78, 5) is 16.4. The summed E-state index contributed by atoms with van der Waals surface area (Å²) in [5, 5.41) is 11.8. The Hall–Kier alpha value is -3.17. The number of halogens is 2. The van der Waals surface area contributed by atoms with Crippen molar-refractivity contribution in [3.63, 3.8) is 0 Å². The number of carbonyl (C=O) groups excluding carboxylic acids is 1. The highest BCUT2D eigenvalue weighted by Gasteiger charge is 2.15. The highest BCUT2D eigenvalue weighted by Crippen LogP contribution is 2.21. The first-order valence-electron chi connectivity index (χ1n) is 6.90. The Morgan fingerprint density at radius 3 is 2.79 bits per heavy atom. The molecule has 2 aromatic heterocycles. The second-order valence-corrected chi connectivity index (χ2v) is 5.18. The van der Waals surface area contributed by atoms with E-state index in [0.717, 1.165) is 0 Å². The zero-order valence-corrected chi connectivity index (χ0v) is 13.0. The summed E-state index contributed by atoms with van der Waals surface area (Å²) >= 11 is 6.08. The van der Waals surface area contributed by atoms with Crippen LogP contribution in [0.3, 0.4) is 0 Å². The molecule has 0 spiro atoms. The van der Waals surface area contributed by atoms with Crippen molar-refractivity contribution < 1.29 is 9.18 Å². The van der Waals surface area contributed by atoms with Gasteiger partial charge in [-0.3, -0.25) is 9.20 Å². The summed E-state index contributed by atoms with van der Waals surface area (Å²) < 4.78 is 15.3. The summed E-state index contributed by atoms with van der Waals surface area (Å²) in [5.41, 5.74) is 0.756. The van der Waals surface area contributed by atoms with Gasteiger partial charge in [0.2, 0.25) is 0 Å². The van der Waals surface area contributed by atoms with E-state index in [2.05, 4.69) is 10.3 Å². The number of nitriles is 1.